The number of rotatable bonds is 1. The number of hydroxylamine groups is 1. The Morgan fingerprint density at radius 2 is 1.91 bits per heavy atom. The Morgan fingerprint density at radius 1 is 1.14 bits per heavy atom. The van der Waals surface area contributed by atoms with Crippen molar-refractivity contribution in [2.24, 2.45) is 0 Å². The number of fused-ring (bicyclic) bond motifs is 3. The Kier molecular flexibility index (Phi) is 3.90. The van der Waals surface area contributed by atoms with Crippen LogP contribution in [0, 0.1) is 3.57 Å². The summed E-state index contributed by atoms with van der Waals surface area (Å²) in [6.45, 7) is 2.67. The Morgan fingerprint density at radius 3 is 2.59 bits per heavy atom. The quantitative estimate of drug-likeness (QED) is 0.457. The zero-order valence-corrected chi connectivity index (χ0v) is 14.4. The molecule has 0 radical (unpaired) electrons. The lowest BCUT2D eigenvalue weighted by Crippen LogP contribution is -2.31. The smallest absolute Gasteiger partial charge is 0.330 e. The van der Waals surface area contributed by atoms with Crippen molar-refractivity contribution in [3.05, 3.63) is 51.1 Å². The van der Waals surface area contributed by atoms with Gasteiger partial charge in [-0.15, -0.1) is 5.06 Å². The van der Waals surface area contributed by atoms with Crippen LogP contribution >= 0.6 is 22.6 Å². The highest BCUT2D eigenvalue weighted by atomic mass is 127. The summed E-state index contributed by atoms with van der Waals surface area (Å²) in [4.78, 5) is 28.2. The largest absolute Gasteiger partial charge is 0.334 e. The van der Waals surface area contributed by atoms with Crippen LogP contribution in [0.15, 0.2) is 36.4 Å². The van der Waals surface area contributed by atoms with Gasteiger partial charge in [-0.1, -0.05) is 18.2 Å². The summed E-state index contributed by atoms with van der Waals surface area (Å²) < 4.78 is 1.18. The van der Waals surface area contributed by atoms with Gasteiger partial charge >= 0.3 is 5.97 Å². The molecule has 1 aliphatic rings. The van der Waals surface area contributed by atoms with Crippen molar-refractivity contribution in [2.45, 2.75) is 20.3 Å². The summed E-state index contributed by atoms with van der Waals surface area (Å²) in [5, 5.41) is 1.08. The minimum Gasteiger partial charge on any atom is -0.334 e. The van der Waals surface area contributed by atoms with Crippen LogP contribution in [-0.4, -0.2) is 11.9 Å². The molecular weight excluding hydrogens is 393 g/mol. The van der Waals surface area contributed by atoms with E-state index < -0.39 is 5.97 Å². The molecule has 0 unspecified atom stereocenters. The number of hydrogen-bond acceptors (Lipinski definition) is 3. The molecule has 5 heteroatoms. The van der Waals surface area contributed by atoms with Gasteiger partial charge in [0, 0.05) is 23.8 Å². The van der Waals surface area contributed by atoms with E-state index in [1.165, 1.54) is 28.5 Å². The fourth-order valence-electron chi connectivity index (χ4n) is 2.78. The van der Waals surface area contributed by atoms with Crippen molar-refractivity contribution in [1.82, 2.24) is 0 Å². The first-order valence-corrected chi connectivity index (χ1v) is 7.95. The van der Waals surface area contributed by atoms with Crippen LogP contribution in [-0.2, 0) is 20.8 Å². The van der Waals surface area contributed by atoms with Gasteiger partial charge < -0.3 is 4.84 Å². The molecule has 0 bridgehead atoms. The van der Waals surface area contributed by atoms with Gasteiger partial charge in [0.05, 0.1) is 5.69 Å². The maximum atomic E-state index is 11.9. The molecule has 3 rings (SSSR count). The molecule has 4 nitrogen and oxygen atoms in total. The average Bonchev–Trinajstić information content (AvgIpc) is 2.81. The van der Waals surface area contributed by atoms with E-state index >= 15 is 0 Å². The SMILES string of the molecule is CC(=O)ON(C(C)=O)c1cccc2c1Cc1cc(I)ccc1-2. The molecule has 0 saturated heterocycles. The molecule has 0 saturated carbocycles. The zero-order chi connectivity index (χ0) is 15.9. The molecule has 2 aromatic rings. The molecule has 2 aromatic carbocycles. The molecule has 0 spiro atoms. The van der Waals surface area contributed by atoms with E-state index in [1.54, 1.807) is 6.07 Å². The lowest BCUT2D eigenvalue weighted by Gasteiger charge is -2.21. The number of hydrogen-bond donors (Lipinski definition) is 0. The minimum atomic E-state index is -0.516. The highest BCUT2D eigenvalue weighted by Crippen LogP contribution is 2.41. The van der Waals surface area contributed by atoms with E-state index in [1.807, 2.05) is 12.1 Å². The first-order chi connectivity index (χ1) is 10.5. The second-order valence-electron chi connectivity index (χ2n) is 5.18. The van der Waals surface area contributed by atoms with Crippen LogP contribution in [0.1, 0.15) is 25.0 Å². The fraction of sp³-hybridized carbons (Fsp3) is 0.176. The van der Waals surface area contributed by atoms with E-state index in [2.05, 4.69) is 40.8 Å². The number of carbonyl (C=O) groups excluding carboxylic acids is 2. The summed E-state index contributed by atoms with van der Waals surface area (Å²) >= 11 is 2.29. The van der Waals surface area contributed by atoms with Crippen LogP contribution in [0.4, 0.5) is 5.69 Å². The molecule has 1 aliphatic carbocycles. The Labute approximate surface area is 142 Å². The van der Waals surface area contributed by atoms with Crippen molar-refractivity contribution >= 4 is 40.2 Å². The van der Waals surface area contributed by atoms with Crippen LogP contribution in [0.5, 0.6) is 0 Å². The van der Waals surface area contributed by atoms with E-state index in [4.69, 9.17) is 4.84 Å². The summed E-state index contributed by atoms with van der Waals surface area (Å²) in [6, 6.07) is 12.0. The number of anilines is 1. The Balaban J connectivity index is 2.11. The third-order valence-corrected chi connectivity index (χ3v) is 4.27. The molecule has 112 valence electrons. The lowest BCUT2D eigenvalue weighted by atomic mass is 10.0. The standard InChI is InChI=1S/C17H14INO3/c1-10(20)19(22-11(2)21)17-5-3-4-15-14-7-6-13(18)8-12(14)9-16(15)17/h3-8H,9H2,1-2H3. The Hall–Kier alpha value is -1.89. The first kappa shape index (κ1) is 15.0. The van der Waals surface area contributed by atoms with E-state index in [9.17, 15) is 9.59 Å². The highest BCUT2D eigenvalue weighted by molar-refractivity contribution is 14.1. The predicted octanol–water partition coefficient (Wildman–Crippen LogP) is 3.69. The van der Waals surface area contributed by atoms with Gasteiger partial charge in [0.2, 0.25) is 0 Å². The van der Waals surface area contributed by atoms with Gasteiger partial charge in [-0.2, -0.15) is 0 Å². The van der Waals surface area contributed by atoms with E-state index in [0.29, 0.717) is 5.69 Å². The van der Waals surface area contributed by atoms with Crippen LogP contribution in [0.2, 0.25) is 0 Å². The van der Waals surface area contributed by atoms with Gasteiger partial charge in [0.1, 0.15) is 0 Å². The molecule has 0 aliphatic heterocycles. The van der Waals surface area contributed by atoms with Gasteiger partial charge in [-0.25, -0.2) is 4.79 Å². The summed E-state index contributed by atoms with van der Waals surface area (Å²) in [5.41, 5.74) is 5.12. The molecule has 1 amide bonds. The van der Waals surface area contributed by atoms with Crippen molar-refractivity contribution < 1.29 is 14.4 Å². The third kappa shape index (κ3) is 2.61. The normalized spacial score (nSPS) is 11.6. The van der Waals surface area contributed by atoms with Crippen molar-refractivity contribution in [3.8, 4) is 11.1 Å². The average molecular weight is 407 g/mol. The van der Waals surface area contributed by atoms with Crippen molar-refractivity contribution in [3.63, 3.8) is 0 Å². The second kappa shape index (κ2) is 5.72. The number of nitrogens with zero attached hydrogens (tertiary/aromatic N) is 1. The molecule has 22 heavy (non-hydrogen) atoms. The molecule has 0 heterocycles. The highest BCUT2D eigenvalue weighted by Gasteiger charge is 2.26. The van der Waals surface area contributed by atoms with Crippen LogP contribution < -0.4 is 5.06 Å². The molecule has 0 aromatic heterocycles. The molecule has 0 atom stereocenters. The van der Waals surface area contributed by atoms with Crippen LogP contribution in [0.3, 0.4) is 0 Å². The number of amides is 1. The van der Waals surface area contributed by atoms with Gasteiger partial charge in [0.15, 0.2) is 0 Å². The van der Waals surface area contributed by atoms with E-state index in [-0.39, 0.29) is 5.91 Å². The minimum absolute atomic E-state index is 0.325. The summed E-state index contributed by atoms with van der Waals surface area (Å²) in [6.07, 6.45) is 0.725. The Bertz CT molecular complexity index is 785. The first-order valence-electron chi connectivity index (χ1n) is 6.87. The number of benzene rings is 2. The number of carbonyl (C=O) groups is 2. The van der Waals surface area contributed by atoms with Crippen LogP contribution in [0.25, 0.3) is 11.1 Å². The fourth-order valence-corrected chi connectivity index (χ4v) is 3.33. The molecule has 0 fully saturated rings. The third-order valence-electron chi connectivity index (χ3n) is 3.60. The van der Waals surface area contributed by atoms with Gasteiger partial charge in [-0.3, -0.25) is 4.79 Å². The maximum absolute atomic E-state index is 11.9. The van der Waals surface area contributed by atoms with Gasteiger partial charge in [0.25, 0.3) is 5.91 Å². The second-order valence-corrected chi connectivity index (χ2v) is 6.42. The van der Waals surface area contributed by atoms with E-state index in [0.717, 1.165) is 22.6 Å². The van der Waals surface area contributed by atoms with Crippen molar-refractivity contribution in [1.29, 1.82) is 0 Å². The maximum Gasteiger partial charge on any atom is 0.330 e. The molecule has 0 N–H and O–H groups in total. The van der Waals surface area contributed by atoms with Gasteiger partial charge in [-0.05, 0) is 63.0 Å². The molecular formula is C17H14INO3. The summed E-state index contributed by atoms with van der Waals surface area (Å²) in [5.74, 6) is -0.841. The number of halogens is 1. The lowest BCUT2D eigenvalue weighted by molar-refractivity contribution is -0.147. The summed E-state index contributed by atoms with van der Waals surface area (Å²) in [7, 11) is 0. The topological polar surface area (TPSA) is 46.6 Å². The van der Waals surface area contributed by atoms with Crippen molar-refractivity contribution in [2.75, 3.05) is 5.06 Å². The predicted molar refractivity (Wildman–Crippen MR) is 92.3 cm³/mol. The zero-order valence-electron chi connectivity index (χ0n) is 12.2. The monoisotopic (exact) mass is 407 g/mol.